The molecule has 1 rings (SSSR count). The number of hydrogen-bond donors (Lipinski definition) is 1. The van der Waals surface area contributed by atoms with Gasteiger partial charge in [-0.3, -0.25) is 14.9 Å². The lowest BCUT2D eigenvalue weighted by molar-refractivity contribution is -0.383. The number of nitriles is 1. The topological polar surface area (TPSA) is 113 Å². The van der Waals surface area contributed by atoms with Crippen molar-refractivity contribution >= 4 is 17.3 Å². The molecule has 19 heavy (non-hydrogen) atoms. The van der Waals surface area contributed by atoms with E-state index in [1.807, 2.05) is 6.07 Å². The van der Waals surface area contributed by atoms with Crippen LogP contribution in [0.2, 0.25) is 0 Å². The van der Waals surface area contributed by atoms with Crippen LogP contribution < -0.4 is 5.73 Å². The van der Waals surface area contributed by atoms with E-state index in [9.17, 15) is 14.9 Å². The Hall–Kier alpha value is -2.62. The molecule has 1 aromatic carbocycles. The molecule has 2 N–H and O–H groups in total. The van der Waals surface area contributed by atoms with Gasteiger partial charge in [0.1, 0.15) is 5.69 Å². The minimum Gasteiger partial charge on any atom is -0.393 e. The zero-order valence-corrected chi connectivity index (χ0v) is 10.5. The molecule has 0 saturated carbocycles. The van der Waals surface area contributed by atoms with Crippen molar-refractivity contribution in [1.29, 1.82) is 5.26 Å². The molecule has 1 amide bonds. The highest BCUT2D eigenvalue weighted by Gasteiger charge is 2.19. The van der Waals surface area contributed by atoms with Crippen molar-refractivity contribution in [3.8, 4) is 6.07 Å². The lowest BCUT2D eigenvalue weighted by atomic mass is 10.1. The van der Waals surface area contributed by atoms with E-state index in [2.05, 4.69) is 0 Å². The number of nitrogens with two attached hydrogens (primary N) is 1. The number of nitro benzene ring substituents is 1. The van der Waals surface area contributed by atoms with Crippen LogP contribution in [0.5, 0.6) is 0 Å². The number of anilines is 1. The molecule has 7 nitrogen and oxygen atoms in total. The molecule has 0 heterocycles. The average Bonchev–Trinajstić information content (AvgIpc) is 2.39. The Bertz CT molecular complexity index is 536. The zero-order chi connectivity index (χ0) is 14.4. The molecule has 0 aliphatic carbocycles. The minimum absolute atomic E-state index is 0.0154. The summed E-state index contributed by atoms with van der Waals surface area (Å²) in [6, 6.07) is 5.90. The summed E-state index contributed by atoms with van der Waals surface area (Å²) in [7, 11) is 0. The van der Waals surface area contributed by atoms with E-state index < -0.39 is 4.92 Å². The molecule has 100 valence electrons. The molecule has 0 atom stereocenters. The van der Waals surface area contributed by atoms with Gasteiger partial charge in [-0.2, -0.15) is 5.26 Å². The van der Waals surface area contributed by atoms with Crippen molar-refractivity contribution in [2.45, 2.75) is 13.3 Å². The SMILES string of the molecule is CCN(CCC#N)C(=O)c1ccc(N)c([N+](=O)[O-])c1. The van der Waals surface area contributed by atoms with Gasteiger partial charge in [0, 0.05) is 24.7 Å². The molecule has 0 aliphatic heterocycles. The molecule has 0 unspecified atom stereocenters. The maximum absolute atomic E-state index is 12.1. The third-order valence-corrected chi connectivity index (χ3v) is 2.64. The molecule has 0 bridgehead atoms. The smallest absolute Gasteiger partial charge is 0.292 e. The van der Waals surface area contributed by atoms with Gasteiger partial charge < -0.3 is 10.6 Å². The summed E-state index contributed by atoms with van der Waals surface area (Å²) < 4.78 is 0. The standard InChI is InChI=1S/C12H14N4O3/c1-2-15(7-3-6-13)12(17)9-4-5-10(14)11(8-9)16(18)19/h4-5,8H,2-3,7,14H2,1H3. The second-order valence-corrected chi connectivity index (χ2v) is 3.82. The van der Waals surface area contributed by atoms with Gasteiger partial charge in [0.2, 0.25) is 0 Å². The third-order valence-electron chi connectivity index (χ3n) is 2.64. The molecule has 0 radical (unpaired) electrons. The Morgan fingerprint density at radius 3 is 2.79 bits per heavy atom. The molecule has 7 heteroatoms. The number of hydrogen-bond acceptors (Lipinski definition) is 5. The number of benzene rings is 1. The van der Waals surface area contributed by atoms with E-state index in [-0.39, 0.29) is 29.3 Å². The molecule has 0 aromatic heterocycles. The van der Waals surface area contributed by atoms with Crippen LogP contribution in [0, 0.1) is 21.4 Å². The Labute approximate surface area is 110 Å². The summed E-state index contributed by atoms with van der Waals surface area (Å²) in [5, 5.41) is 19.3. The number of carbonyl (C=O) groups is 1. The van der Waals surface area contributed by atoms with Crippen LogP contribution in [0.4, 0.5) is 11.4 Å². The first-order valence-corrected chi connectivity index (χ1v) is 5.71. The number of rotatable bonds is 5. The number of nitrogens with zero attached hydrogens (tertiary/aromatic N) is 3. The van der Waals surface area contributed by atoms with Gasteiger partial charge in [0.15, 0.2) is 0 Å². The first-order chi connectivity index (χ1) is 9.01. The molecule has 0 spiro atoms. The molecule has 0 fully saturated rings. The molecule has 1 aromatic rings. The first kappa shape index (κ1) is 14.4. The van der Waals surface area contributed by atoms with E-state index in [1.165, 1.54) is 17.0 Å². The highest BCUT2D eigenvalue weighted by molar-refractivity contribution is 5.95. The van der Waals surface area contributed by atoms with E-state index in [4.69, 9.17) is 11.0 Å². The predicted octanol–water partition coefficient (Wildman–Crippen LogP) is 1.55. The van der Waals surface area contributed by atoms with Crippen LogP contribution in [0.1, 0.15) is 23.7 Å². The Kier molecular flexibility index (Phi) is 4.83. The average molecular weight is 262 g/mol. The third kappa shape index (κ3) is 3.42. The van der Waals surface area contributed by atoms with Crippen LogP contribution in [-0.4, -0.2) is 28.8 Å². The van der Waals surface area contributed by atoms with Crippen molar-refractivity contribution in [3.63, 3.8) is 0 Å². The monoisotopic (exact) mass is 262 g/mol. The van der Waals surface area contributed by atoms with Crippen molar-refractivity contribution in [1.82, 2.24) is 4.90 Å². The first-order valence-electron chi connectivity index (χ1n) is 5.71. The van der Waals surface area contributed by atoms with Gasteiger partial charge in [-0.05, 0) is 19.1 Å². The fourth-order valence-corrected chi connectivity index (χ4v) is 1.61. The van der Waals surface area contributed by atoms with Gasteiger partial charge in [-0.15, -0.1) is 0 Å². The van der Waals surface area contributed by atoms with Crippen LogP contribution in [0.15, 0.2) is 18.2 Å². The Balaban J connectivity index is 3.02. The second-order valence-electron chi connectivity index (χ2n) is 3.82. The van der Waals surface area contributed by atoms with Crippen LogP contribution in [0.25, 0.3) is 0 Å². The summed E-state index contributed by atoms with van der Waals surface area (Å²) >= 11 is 0. The molecular formula is C12H14N4O3. The number of carbonyl (C=O) groups excluding carboxylic acids is 1. The van der Waals surface area contributed by atoms with Gasteiger partial charge in [0.05, 0.1) is 17.4 Å². The lowest BCUT2D eigenvalue weighted by Crippen LogP contribution is -2.31. The van der Waals surface area contributed by atoms with Gasteiger partial charge in [-0.1, -0.05) is 0 Å². The van der Waals surface area contributed by atoms with Crippen LogP contribution in [0.3, 0.4) is 0 Å². The summed E-state index contributed by atoms with van der Waals surface area (Å²) in [5.41, 5.74) is 5.39. The van der Waals surface area contributed by atoms with Crippen LogP contribution in [-0.2, 0) is 0 Å². The van der Waals surface area contributed by atoms with Crippen LogP contribution >= 0.6 is 0 Å². The maximum Gasteiger partial charge on any atom is 0.292 e. The highest BCUT2D eigenvalue weighted by atomic mass is 16.6. The fourth-order valence-electron chi connectivity index (χ4n) is 1.61. The molecule has 0 saturated heterocycles. The van der Waals surface area contributed by atoms with Gasteiger partial charge in [0.25, 0.3) is 11.6 Å². The van der Waals surface area contributed by atoms with Gasteiger partial charge in [-0.25, -0.2) is 0 Å². The maximum atomic E-state index is 12.1. The fraction of sp³-hybridized carbons (Fsp3) is 0.333. The number of nitrogen functional groups attached to an aromatic ring is 1. The van der Waals surface area contributed by atoms with Crippen molar-refractivity contribution in [2.75, 3.05) is 18.8 Å². The van der Waals surface area contributed by atoms with Crippen molar-refractivity contribution < 1.29 is 9.72 Å². The summed E-state index contributed by atoms with van der Waals surface area (Å²) in [6.07, 6.45) is 0.219. The normalized spacial score (nSPS) is 9.68. The minimum atomic E-state index is -0.627. The van der Waals surface area contributed by atoms with Gasteiger partial charge >= 0.3 is 0 Å². The van der Waals surface area contributed by atoms with Crippen molar-refractivity contribution in [2.24, 2.45) is 0 Å². The van der Waals surface area contributed by atoms with Crippen molar-refractivity contribution in [3.05, 3.63) is 33.9 Å². The number of nitro groups is 1. The Morgan fingerprint density at radius 1 is 1.58 bits per heavy atom. The van der Waals surface area contributed by atoms with E-state index >= 15 is 0 Å². The predicted molar refractivity (Wildman–Crippen MR) is 69.3 cm³/mol. The Morgan fingerprint density at radius 2 is 2.26 bits per heavy atom. The van der Waals surface area contributed by atoms with E-state index in [1.54, 1.807) is 6.92 Å². The second kappa shape index (κ2) is 6.35. The quantitative estimate of drug-likeness (QED) is 0.491. The zero-order valence-electron chi connectivity index (χ0n) is 10.5. The summed E-state index contributed by atoms with van der Waals surface area (Å²) in [6.45, 7) is 2.50. The number of amides is 1. The lowest BCUT2D eigenvalue weighted by Gasteiger charge is -2.19. The highest BCUT2D eigenvalue weighted by Crippen LogP contribution is 2.23. The van der Waals surface area contributed by atoms with E-state index in [0.717, 1.165) is 6.07 Å². The van der Waals surface area contributed by atoms with E-state index in [0.29, 0.717) is 13.1 Å². The summed E-state index contributed by atoms with van der Waals surface area (Å²) in [4.78, 5) is 23.7. The largest absolute Gasteiger partial charge is 0.393 e. The summed E-state index contributed by atoms with van der Waals surface area (Å²) in [5.74, 6) is -0.346. The molecule has 0 aliphatic rings. The molecular weight excluding hydrogens is 248 g/mol.